The summed E-state index contributed by atoms with van der Waals surface area (Å²) in [6.07, 6.45) is 0. The average Bonchev–Trinajstić information content (AvgIpc) is 2.93. The molecule has 0 bridgehead atoms. The molecule has 0 unspecified atom stereocenters. The fourth-order valence-electron chi connectivity index (χ4n) is 1.79. The summed E-state index contributed by atoms with van der Waals surface area (Å²) in [6.45, 7) is 0. The van der Waals surface area contributed by atoms with Gasteiger partial charge in [0.25, 0.3) is 5.89 Å². The first kappa shape index (κ1) is 14.5. The number of aromatic hydroxyl groups is 1. The lowest BCUT2D eigenvalue weighted by molar-refractivity contribution is 0.425. The van der Waals surface area contributed by atoms with Gasteiger partial charge in [-0.2, -0.15) is 4.98 Å². The molecule has 0 aliphatic carbocycles. The Bertz CT molecular complexity index is 756. The van der Waals surface area contributed by atoms with Crippen LogP contribution in [0.5, 0.6) is 5.75 Å². The number of nitrogens with zero attached hydrogens (tertiary/aromatic N) is 2. The lowest BCUT2D eigenvalue weighted by atomic mass is 10.2. The van der Waals surface area contributed by atoms with Gasteiger partial charge in [0.1, 0.15) is 11.6 Å². The summed E-state index contributed by atoms with van der Waals surface area (Å²) in [4.78, 5) is 4.22. The van der Waals surface area contributed by atoms with Gasteiger partial charge in [0.2, 0.25) is 5.82 Å². The summed E-state index contributed by atoms with van der Waals surface area (Å²) in [5.41, 5.74) is 0.920. The fraction of sp³-hybridized carbons (Fsp3) is 0. The molecular formula is C14H7BrFIN2O2. The second kappa shape index (κ2) is 5.72. The second-order valence-electron chi connectivity index (χ2n) is 4.21. The molecular weight excluding hydrogens is 454 g/mol. The number of rotatable bonds is 2. The van der Waals surface area contributed by atoms with Gasteiger partial charge < -0.3 is 9.63 Å². The highest BCUT2D eigenvalue weighted by Gasteiger charge is 2.16. The summed E-state index contributed by atoms with van der Waals surface area (Å²) in [5, 5.41) is 13.7. The first-order valence-corrected chi connectivity index (χ1v) is 7.70. The number of phenolic OH excluding ortho intramolecular Hbond substituents is 1. The Hall–Kier alpha value is -1.48. The van der Waals surface area contributed by atoms with E-state index in [0.717, 1.165) is 3.57 Å². The molecule has 0 amide bonds. The van der Waals surface area contributed by atoms with Crippen LogP contribution in [-0.2, 0) is 0 Å². The lowest BCUT2D eigenvalue weighted by Crippen LogP contribution is -1.85. The minimum Gasteiger partial charge on any atom is -0.507 e. The van der Waals surface area contributed by atoms with Crippen LogP contribution in [0.15, 0.2) is 45.4 Å². The molecule has 1 N–H and O–H groups in total. The molecule has 4 nitrogen and oxygen atoms in total. The first-order valence-electron chi connectivity index (χ1n) is 5.82. The highest BCUT2D eigenvalue weighted by atomic mass is 127. The van der Waals surface area contributed by atoms with E-state index in [4.69, 9.17) is 4.52 Å². The number of halogens is 3. The third kappa shape index (κ3) is 2.93. The highest BCUT2D eigenvalue weighted by Crippen LogP contribution is 2.32. The van der Waals surface area contributed by atoms with Gasteiger partial charge in [-0.3, -0.25) is 0 Å². The third-order valence-corrected chi connectivity index (χ3v) is 4.15. The number of phenols is 1. The molecule has 0 spiro atoms. The summed E-state index contributed by atoms with van der Waals surface area (Å²) in [7, 11) is 0. The quantitative estimate of drug-likeness (QED) is 0.567. The van der Waals surface area contributed by atoms with Crippen molar-refractivity contribution in [3.05, 3.63) is 50.3 Å². The van der Waals surface area contributed by atoms with Crippen molar-refractivity contribution in [3.8, 4) is 28.6 Å². The number of hydrogen-bond acceptors (Lipinski definition) is 4. The molecule has 106 valence electrons. The zero-order valence-electron chi connectivity index (χ0n) is 10.3. The largest absolute Gasteiger partial charge is 0.507 e. The maximum absolute atomic E-state index is 13.3. The first-order chi connectivity index (χ1) is 10.0. The van der Waals surface area contributed by atoms with Gasteiger partial charge in [-0.15, -0.1) is 0 Å². The standard InChI is InChI=1S/C14H7BrFIN2O2/c15-11-3-1-7(16)5-9(11)13-18-14(21-19-13)10-6-8(17)2-4-12(10)20/h1-6,20H. The van der Waals surface area contributed by atoms with E-state index in [9.17, 15) is 9.50 Å². The van der Waals surface area contributed by atoms with Crippen LogP contribution in [0.2, 0.25) is 0 Å². The molecule has 0 radical (unpaired) electrons. The zero-order valence-corrected chi connectivity index (χ0v) is 14.1. The van der Waals surface area contributed by atoms with E-state index in [0.29, 0.717) is 15.6 Å². The Balaban J connectivity index is 2.08. The summed E-state index contributed by atoms with van der Waals surface area (Å²) in [5.74, 6) is 0.0763. The van der Waals surface area contributed by atoms with Gasteiger partial charge in [0.05, 0.1) is 5.56 Å². The van der Waals surface area contributed by atoms with E-state index in [1.807, 2.05) is 0 Å². The molecule has 0 saturated heterocycles. The SMILES string of the molecule is Oc1ccc(I)cc1-c1nc(-c2cc(F)ccc2Br)no1. The maximum atomic E-state index is 13.3. The minimum atomic E-state index is -0.392. The van der Waals surface area contributed by atoms with E-state index in [2.05, 4.69) is 48.7 Å². The van der Waals surface area contributed by atoms with Crippen molar-refractivity contribution < 1.29 is 14.0 Å². The van der Waals surface area contributed by atoms with Gasteiger partial charge in [-0.05, 0) is 59.0 Å². The van der Waals surface area contributed by atoms with E-state index in [1.54, 1.807) is 24.3 Å². The summed E-state index contributed by atoms with van der Waals surface area (Å²) in [6, 6.07) is 9.27. The Morgan fingerprint density at radius 2 is 1.95 bits per heavy atom. The predicted molar refractivity (Wildman–Crippen MR) is 87.2 cm³/mol. The third-order valence-electron chi connectivity index (χ3n) is 2.78. The molecule has 0 fully saturated rings. The molecule has 7 heteroatoms. The Kier molecular flexibility index (Phi) is 3.94. The molecule has 0 atom stereocenters. The highest BCUT2D eigenvalue weighted by molar-refractivity contribution is 14.1. The molecule has 0 aliphatic rings. The van der Waals surface area contributed by atoms with E-state index >= 15 is 0 Å². The second-order valence-corrected chi connectivity index (χ2v) is 6.31. The van der Waals surface area contributed by atoms with E-state index < -0.39 is 5.82 Å². The Morgan fingerprint density at radius 1 is 1.14 bits per heavy atom. The maximum Gasteiger partial charge on any atom is 0.262 e. The molecule has 0 saturated carbocycles. The fourth-order valence-corrected chi connectivity index (χ4v) is 2.71. The van der Waals surface area contributed by atoms with Crippen LogP contribution < -0.4 is 0 Å². The van der Waals surface area contributed by atoms with Crippen LogP contribution in [0, 0.1) is 9.39 Å². The van der Waals surface area contributed by atoms with Crippen molar-refractivity contribution in [2.45, 2.75) is 0 Å². The van der Waals surface area contributed by atoms with Crippen molar-refractivity contribution in [3.63, 3.8) is 0 Å². The molecule has 0 aliphatic heterocycles. The zero-order chi connectivity index (χ0) is 15.0. The molecule has 21 heavy (non-hydrogen) atoms. The average molecular weight is 461 g/mol. The van der Waals surface area contributed by atoms with Crippen LogP contribution in [0.1, 0.15) is 0 Å². The van der Waals surface area contributed by atoms with Crippen LogP contribution in [0.25, 0.3) is 22.8 Å². The monoisotopic (exact) mass is 460 g/mol. The summed E-state index contributed by atoms with van der Waals surface area (Å²) >= 11 is 5.44. The van der Waals surface area contributed by atoms with Gasteiger partial charge in [0, 0.05) is 13.6 Å². The normalized spacial score (nSPS) is 10.8. The summed E-state index contributed by atoms with van der Waals surface area (Å²) < 4.78 is 20.1. The number of hydrogen-bond donors (Lipinski definition) is 1. The van der Waals surface area contributed by atoms with Crippen LogP contribution >= 0.6 is 38.5 Å². The van der Waals surface area contributed by atoms with Crippen molar-refractivity contribution in [1.82, 2.24) is 10.1 Å². The minimum absolute atomic E-state index is 0.0453. The van der Waals surface area contributed by atoms with Gasteiger partial charge >= 0.3 is 0 Å². The Labute approximate surface area is 141 Å². The van der Waals surface area contributed by atoms with Gasteiger partial charge in [-0.1, -0.05) is 21.1 Å². The molecule has 1 aromatic heterocycles. The van der Waals surface area contributed by atoms with Gasteiger partial charge in [-0.25, -0.2) is 4.39 Å². The Morgan fingerprint density at radius 3 is 2.76 bits per heavy atom. The number of benzene rings is 2. The smallest absolute Gasteiger partial charge is 0.262 e. The molecule has 3 aromatic rings. The lowest BCUT2D eigenvalue weighted by Gasteiger charge is -2.00. The van der Waals surface area contributed by atoms with Crippen molar-refractivity contribution in [2.24, 2.45) is 0 Å². The number of aromatic nitrogens is 2. The van der Waals surface area contributed by atoms with Crippen LogP contribution in [0.3, 0.4) is 0 Å². The van der Waals surface area contributed by atoms with Gasteiger partial charge in [0.15, 0.2) is 0 Å². The van der Waals surface area contributed by atoms with Crippen molar-refractivity contribution in [2.75, 3.05) is 0 Å². The topological polar surface area (TPSA) is 59.2 Å². The van der Waals surface area contributed by atoms with Crippen molar-refractivity contribution >= 4 is 38.5 Å². The van der Waals surface area contributed by atoms with E-state index in [-0.39, 0.29) is 17.5 Å². The molecule has 2 aromatic carbocycles. The molecule has 3 rings (SSSR count). The van der Waals surface area contributed by atoms with E-state index in [1.165, 1.54) is 12.1 Å². The molecule has 1 heterocycles. The predicted octanol–water partition coefficient (Wildman–Crippen LogP) is 4.62. The van der Waals surface area contributed by atoms with Crippen molar-refractivity contribution in [1.29, 1.82) is 0 Å². The van der Waals surface area contributed by atoms with Crippen LogP contribution in [-0.4, -0.2) is 15.2 Å². The van der Waals surface area contributed by atoms with Crippen LogP contribution in [0.4, 0.5) is 4.39 Å².